The summed E-state index contributed by atoms with van der Waals surface area (Å²) < 4.78 is 1.55. The molecule has 0 spiro atoms. The van der Waals surface area contributed by atoms with E-state index in [1.165, 1.54) is 0 Å². The molecular formula is C23H20N4O. The highest BCUT2D eigenvalue weighted by atomic mass is 16.1. The van der Waals surface area contributed by atoms with Crippen LogP contribution in [-0.2, 0) is 0 Å². The van der Waals surface area contributed by atoms with Crippen LogP contribution in [0.4, 0.5) is 5.69 Å². The number of rotatable bonds is 4. The Bertz CT molecular complexity index is 1190. The molecule has 0 atom stereocenters. The molecule has 28 heavy (non-hydrogen) atoms. The Hall–Kier alpha value is -3.73. The molecule has 2 aromatic carbocycles. The van der Waals surface area contributed by atoms with Crippen LogP contribution < -0.4 is 10.5 Å². The molecule has 0 aliphatic rings. The SMILES string of the molecule is CN(C)c1ccc(/C=C/c2nc3ccccc3c(=O)n2-c2ccccn2)cc1. The zero-order valence-electron chi connectivity index (χ0n) is 15.8. The van der Waals surface area contributed by atoms with Gasteiger partial charge in [-0.25, -0.2) is 14.5 Å². The number of benzene rings is 2. The van der Waals surface area contributed by atoms with E-state index in [4.69, 9.17) is 4.98 Å². The van der Waals surface area contributed by atoms with Crippen LogP contribution in [0.1, 0.15) is 11.4 Å². The highest BCUT2D eigenvalue weighted by Crippen LogP contribution is 2.16. The van der Waals surface area contributed by atoms with E-state index in [0.717, 1.165) is 11.3 Å². The first-order valence-corrected chi connectivity index (χ1v) is 9.02. The molecule has 0 bridgehead atoms. The van der Waals surface area contributed by atoms with E-state index in [2.05, 4.69) is 22.0 Å². The maximum Gasteiger partial charge on any atom is 0.267 e. The topological polar surface area (TPSA) is 51.0 Å². The molecule has 0 unspecified atom stereocenters. The molecule has 0 aliphatic heterocycles. The van der Waals surface area contributed by atoms with Gasteiger partial charge < -0.3 is 4.90 Å². The Kier molecular flexibility index (Phi) is 4.72. The van der Waals surface area contributed by atoms with Gasteiger partial charge in [0.05, 0.1) is 10.9 Å². The monoisotopic (exact) mass is 368 g/mol. The van der Waals surface area contributed by atoms with E-state index in [1.807, 2.05) is 68.7 Å². The summed E-state index contributed by atoms with van der Waals surface area (Å²) in [5, 5.41) is 0.570. The van der Waals surface area contributed by atoms with Gasteiger partial charge >= 0.3 is 0 Å². The lowest BCUT2D eigenvalue weighted by molar-refractivity contribution is 0.905. The van der Waals surface area contributed by atoms with Crippen LogP contribution in [0.2, 0.25) is 0 Å². The van der Waals surface area contributed by atoms with Crippen molar-refractivity contribution >= 4 is 28.7 Å². The van der Waals surface area contributed by atoms with Crippen LogP contribution in [0, 0.1) is 0 Å². The van der Waals surface area contributed by atoms with Gasteiger partial charge in [-0.3, -0.25) is 4.79 Å². The Morgan fingerprint density at radius 1 is 0.893 bits per heavy atom. The van der Waals surface area contributed by atoms with Gasteiger partial charge in [-0.2, -0.15) is 0 Å². The molecule has 4 aromatic rings. The van der Waals surface area contributed by atoms with Crippen LogP contribution in [0.5, 0.6) is 0 Å². The molecule has 2 aromatic heterocycles. The van der Waals surface area contributed by atoms with Crippen molar-refractivity contribution in [2.45, 2.75) is 0 Å². The van der Waals surface area contributed by atoms with Gasteiger partial charge in [-0.15, -0.1) is 0 Å². The second-order valence-electron chi connectivity index (χ2n) is 6.63. The van der Waals surface area contributed by atoms with Gasteiger partial charge in [0.2, 0.25) is 0 Å². The molecule has 0 radical (unpaired) electrons. The fourth-order valence-corrected chi connectivity index (χ4v) is 3.02. The normalized spacial score (nSPS) is 11.2. The van der Waals surface area contributed by atoms with Crippen molar-refractivity contribution < 1.29 is 0 Å². The number of fused-ring (bicyclic) bond motifs is 1. The van der Waals surface area contributed by atoms with Crippen LogP contribution in [0.25, 0.3) is 28.9 Å². The van der Waals surface area contributed by atoms with Gasteiger partial charge in [0, 0.05) is 26.0 Å². The number of para-hydroxylation sites is 1. The first-order chi connectivity index (χ1) is 13.6. The third-order valence-electron chi connectivity index (χ3n) is 4.51. The third kappa shape index (κ3) is 3.42. The Morgan fingerprint density at radius 3 is 2.36 bits per heavy atom. The Labute approximate surface area is 163 Å². The van der Waals surface area contributed by atoms with Crippen molar-refractivity contribution in [3.05, 3.63) is 94.7 Å². The van der Waals surface area contributed by atoms with Gasteiger partial charge in [0.15, 0.2) is 0 Å². The number of anilines is 1. The predicted molar refractivity (Wildman–Crippen MR) is 115 cm³/mol. The minimum atomic E-state index is -0.132. The average Bonchev–Trinajstić information content (AvgIpc) is 2.73. The fraction of sp³-hybridized carbons (Fsp3) is 0.0870. The molecule has 5 nitrogen and oxygen atoms in total. The predicted octanol–water partition coefficient (Wildman–Crippen LogP) is 4.02. The summed E-state index contributed by atoms with van der Waals surface area (Å²) in [7, 11) is 4.02. The quantitative estimate of drug-likeness (QED) is 0.546. The number of pyridine rings is 1. The standard InChI is InChI=1S/C23H20N4O/c1-26(2)18-13-10-17(11-14-18)12-15-22-25-20-8-4-3-7-19(20)23(28)27(22)21-9-5-6-16-24-21/h3-16H,1-2H3/b15-12+. The lowest BCUT2D eigenvalue weighted by atomic mass is 10.2. The Morgan fingerprint density at radius 2 is 1.64 bits per heavy atom. The molecule has 2 heterocycles. The summed E-state index contributed by atoms with van der Waals surface area (Å²) in [5.74, 6) is 1.09. The van der Waals surface area contributed by atoms with Crippen LogP contribution in [0.15, 0.2) is 77.7 Å². The minimum Gasteiger partial charge on any atom is -0.378 e. The highest BCUT2D eigenvalue weighted by Gasteiger charge is 2.11. The number of aromatic nitrogens is 3. The van der Waals surface area contributed by atoms with Gasteiger partial charge in [0.1, 0.15) is 11.6 Å². The molecule has 138 valence electrons. The minimum absolute atomic E-state index is 0.132. The van der Waals surface area contributed by atoms with Crippen molar-refractivity contribution in [3.63, 3.8) is 0 Å². The van der Waals surface area contributed by atoms with E-state index in [1.54, 1.807) is 22.9 Å². The van der Waals surface area contributed by atoms with Gasteiger partial charge in [-0.1, -0.05) is 36.4 Å². The first kappa shape index (κ1) is 17.7. The van der Waals surface area contributed by atoms with Crippen molar-refractivity contribution in [2.75, 3.05) is 19.0 Å². The largest absolute Gasteiger partial charge is 0.378 e. The molecule has 0 N–H and O–H groups in total. The molecule has 4 rings (SSSR count). The Balaban J connectivity index is 1.84. The summed E-state index contributed by atoms with van der Waals surface area (Å²) >= 11 is 0. The average molecular weight is 368 g/mol. The van der Waals surface area contributed by atoms with Crippen molar-refractivity contribution in [1.82, 2.24) is 14.5 Å². The van der Waals surface area contributed by atoms with E-state index in [0.29, 0.717) is 22.5 Å². The molecule has 0 saturated heterocycles. The fourth-order valence-electron chi connectivity index (χ4n) is 3.02. The summed E-state index contributed by atoms with van der Waals surface area (Å²) in [4.78, 5) is 24.2. The van der Waals surface area contributed by atoms with Crippen LogP contribution in [-0.4, -0.2) is 28.6 Å². The van der Waals surface area contributed by atoms with Crippen LogP contribution in [0.3, 0.4) is 0 Å². The molecular weight excluding hydrogens is 348 g/mol. The summed E-state index contributed by atoms with van der Waals surface area (Å²) in [6.45, 7) is 0. The summed E-state index contributed by atoms with van der Waals surface area (Å²) in [5.41, 5.74) is 2.70. The van der Waals surface area contributed by atoms with E-state index in [9.17, 15) is 4.79 Å². The maximum atomic E-state index is 13.1. The first-order valence-electron chi connectivity index (χ1n) is 9.02. The highest BCUT2D eigenvalue weighted by molar-refractivity contribution is 5.80. The van der Waals surface area contributed by atoms with Crippen LogP contribution >= 0.6 is 0 Å². The second-order valence-corrected chi connectivity index (χ2v) is 6.63. The lowest BCUT2D eigenvalue weighted by Crippen LogP contribution is -2.23. The molecule has 0 amide bonds. The number of hydrogen-bond donors (Lipinski definition) is 0. The summed E-state index contributed by atoms with van der Waals surface area (Å²) in [6, 6.07) is 21.0. The zero-order valence-corrected chi connectivity index (χ0v) is 15.8. The lowest BCUT2D eigenvalue weighted by Gasteiger charge is -2.12. The maximum absolute atomic E-state index is 13.1. The van der Waals surface area contributed by atoms with Crippen molar-refractivity contribution in [3.8, 4) is 5.82 Å². The van der Waals surface area contributed by atoms with E-state index < -0.39 is 0 Å². The van der Waals surface area contributed by atoms with Gasteiger partial charge in [-0.05, 0) is 48.0 Å². The van der Waals surface area contributed by atoms with Gasteiger partial charge in [0.25, 0.3) is 5.56 Å². The number of nitrogens with zero attached hydrogens (tertiary/aromatic N) is 4. The van der Waals surface area contributed by atoms with Crippen molar-refractivity contribution in [2.24, 2.45) is 0 Å². The molecule has 5 heteroatoms. The van der Waals surface area contributed by atoms with E-state index in [-0.39, 0.29) is 5.56 Å². The van der Waals surface area contributed by atoms with E-state index >= 15 is 0 Å². The molecule has 0 fully saturated rings. The number of hydrogen-bond acceptors (Lipinski definition) is 4. The molecule has 0 saturated carbocycles. The third-order valence-corrected chi connectivity index (χ3v) is 4.51. The molecule has 0 aliphatic carbocycles. The second kappa shape index (κ2) is 7.48. The zero-order chi connectivity index (χ0) is 19.5. The van der Waals surface area contributed by atoms with Crippen molar-refractivity contribution in [1.29, 1.82) is 0 Å². The summed E-state index contributed by atoms with van der Waals surface area (Å²) in [6.07, 6.45) is 5.48. The smallest absolute Gasteiger partial charge is 0.267 e.